The van der Waals surface area contributed by atoms with Crippen LogP contribution < -0.4 is 5.32 Å². The van der Waals surface area contributed by atoms with Crippen molar-refractivity contribution in [3.8, 4) is 0 Å². The van der Waals surface area contributed by atoms with E-state index in [1.54, 1.807) is 0 Å². The zero-order chi connectivity index (χ0) is 17.0. The van der Waals surface area contributed by atoms with Gasteiger partial charge in [-0.1, -0.05) is 23.2 Å². The Morgan fingerprint density at radius 3 is 2.52 bits per heavy atom. The van der Waals surface area contributed by atoms with Gasteiger partial charge >= 0.3 is 5.97 Å². The minimum absolute atomic E-state index is 0.210. The number of esters is 1. The maximum absolute atomic E-state index is 13.1. The van der Waals surface area contributed by atoms with E-state index in [1.807, 2.05) is 0 Å². The fourth-order valence-electron chi connectivity index (χ4n) is 1.52. The van der Waals surface area contributed by atoms with Gasteiger partial charge in [0.2, 0.25) is 0 Å². The molecule has 0 atom stereocenters. The third-order valence-corrected chi connectivity index (χ3v) is 3.10. The molecule has 9 heteroatoms. The van der Waals surface area contributed by atoms with Crippen LogP contribution >= 0.6 is 23.2 Å². The van der Waals surface area contributed by atoms with Gasteiger partial charge in [-0.3, -0.25) is 4.79 Å². The van der Waals surface area contributed by atoms with Crippen LogP contribution in [0.3, 0.4) is 0 Å². The molecule has 2 rings (SSSR count). The molecule has 0 saturated heterocycles. The van der Waals surface area contributed by atoms with Crippen LogP contribution in [-0.2, 0) is 9.53 Å². The van der Waals surface area contributed by atoms with Crippen molar-refractivity contribution >= 4 is 40.9 Å². The molecule has 0 fully saturated rings. The number of pyridine rings is 1. The van der Waals surface area contributed by atoms with E-state index < -0.39 is 30.1 Å². The Hall–Kier alpha value is -2.25. The molecular weight excluding hydrogens is 353 g/mol. The fraction of sp³-hybridized carbons (Fsp3) is 0.0714. The largest absolute Gasteiger partial charge is 0.452 e. The van der Waals surface area contributed by atoms with Crippen molar-refractivity contribution in [2.75, 3.05) is 11.9 Å². The van der Waals surface area contributed by atoms with Gasteiger partial charge < -0.3 is 10.1 Å². The number of halogens is 4. The molecule has 1 aromatic carbocycles. The molecule has 1 aromatic heterocycles. The summed E-state index contributed by atoms with van der Waals surface area (Å²) in [7, 11) is 0. The highest BCUT2D eigenvalue weighted by atomic mass is 35.5. The first-order valence-electron chi connectivity index (χ1n) is 6.10. The van der Waals surface area contributed by atoms with Crippen molar-refractivity contribution in [2.24, 2.45) is 0 Å². The van der Waals surface area contributed by atoms with E-state index in [1.165, 1.54) is 18.3 Å². The van der Waals surface area contributed by atoms with Gasteiger partial charge in [0.05, 0.1) is 15.6 Å². The molecule has 0 aliphatic carbocycles. The van der Waals surface area contributed by atoms with Gasteiger partial charge in [0, 0.05) is 6.20 Å². The van der Waals surface area contributed by atoms with E-state index in [-0.39, 0.29) is 16.4 Å². The maximum atomic E-state index is 13.1. The molecule has 1 heterocycles. The number of hydrogen-bond acceptors (Lipinski definition) is 4. The number of nitrogens with zero attached hydrogens (tertiary/aromatic N) is 1. The SMILES string of the molecule is O=C(COC(=O)c1cc(F)c(F)cc1Cl)Nc1ccc(Cl)cn1. The molecule has 1 amide bonds. The van der Waals surface area contributed by atoms with E-state index in [0.717, 1.165) is 0 Å². The minimum atomic E-state index is -1.25. The van der Waals surface area contributed by atoms with Gasteiger partial charge in [-0.15, -0.1) is 0 Å². The second-order valence-electron chi connectivity index (χ2n) is 4.23. The second kappa shape index (κ2) is 7.34. The highest BCUT2D eigenvalue weighted by Crippen LogP contribution is 2.20. The van der Waals surface area contributed by atoms with Crippen LogP contribution in [0.2, 0.25) is 10.0 Å². The molecule has 0 unspecified atom stereocenters. The van der Waals surface area contributed by atoms with E-state index in [4.69, 9.17) is 23.2 Å². The average Bonchev–Trinajstić information content (AvgIpc) is 2.51. The van der Waals surface area contributed by atoms with Crippen LogP contribution in [0.15, 0.2) is 30.5 Å². The minimum Gasteiger partial charge on any atom is -0.452 e. The molecule has 0 bridgehead atoms. The van der Waals surface area contributed by atoms with Crippen molar-refractivity contribution in [1.82, 2.24) is 4.98 Å². The van der Waals surface area contributed by atoms with Crippen molar-refractivity contribution in [1.29, 1.82) is 0 Å². The Kier molecular flexibility index (Phi) is 5.46. The predicted octanol–water partition coefficient (Wildman–Crippen LogP) is 3.46. The van der Waals surface area contributed by atoms with Crippen molar-refractivity contribution in [3.63, 3.8) is 0 Å². The van der Waals surface area contributed by atoms with Crippen LogP contribution in [0, 0.1) is 11.6 Å². The number of aromatic nitrogens is 1. The van der Waals surface area contributed by atoms with Crippen molar-refractivity contribution in [2.45, 2.75) is 0 Å². The van der Waals surface area contributed by atoms with Crippen LogP contribution in [0.25, 0.3) is 0 Å². The van der Waals surface area contributed by atoms with Gasteiger partial charge in [0.15, 0.2) is 18.2 Å². The molecule has 0 radical (unpaired) electrons. The monoisotopic (exact) mass is 360 g/mol. The first kappa shape index (κ1) is 17.1. The van der Waals surface area contributed by atoms with Crippen LogP contribution in [0.4, 0.5) is 14.6 Å². The topological polar surface area (TPSA) is 68.3 Å². The summed E-state index contributed by atoms with van der Waals surface area (Å²) in [6.45, 7) is -0.654. The number of hydrogen-bond donors (Lipinski definition) is 1. The number of nitrogens with one attached hydrogen (secondary N) is 1. The lowest BCUT2D eigenvalue weighted by Crippen LogP contribution is -2.21. The molecule has 1 N–H and O–H groups in total. The number of benzene rings is 1. The summed E-state index contributed by atoms with van der Waals surface area (Å²) in [6, 6.07) is 4.20. The highest BCUT2D eigenvalue weighted by Gasteiger charge is 2.17. The second-order valence-corrected chi connectivity index (χ2v) is 5.08. The lowest BCUT2D eigenvalue weighted by Gasteiger charge is -2.07. The predicted molar refractivity (Wildman–Crippen MR) is 79.5 cm³/mol. The van der Waals surface area contributed by atoms with Crippen LogP contribution in [0.5, 0.6) is 0 Å². The molecule has 0 aliphatic heterocycles. The lowest BCUT2D eigenvalue weighted by molar-refractivity contribution is -0.119. The molecule has 0 spiro atoms. The van der Waals surface area contributed by atoms with Gasteiger partial charge in [-0.25, -0.2) is 18.6 Å². The van der Waals surface area contributed by atoms with Crippen LogP contribution in [-0.4, -0.2) is 23.5 Å². The number of rotatable bonds is 4. The lowest BCUT2D eigenvalue weighted by atomic mass is 10.2. The maximum Gasteiger partial charge on any atom is 0.340 e. The molecular formula is C14H8Cl2F2N2O3. The number of ether oxygens (including phenoxy) is 1. The summed E-state index contributed by atoms with van der Waals surface area (Å²) >= 11 is 11.3. The van der Waals surface area contributed by atoms with Crippen molar-refractivity contribution < 1.29 is 23.1 Å². The normalized spacial score (nSPS) is 10.3. The highest BCUT2D eigenvalue weighted by molar-refractivity contribution is 6.33. The molecule has 120 valence electrons. The third-order valence-electron chi connectivity index (χ3n) is 2.56. The summed E-state index contributed by atoms with van der Waals surface area (Å²) in [5.41, 5.74) is -0.386. The van der Waals surface area contributed by atoms with Gasteiger partial charge in [-0.05, 0) is 24.3 Å². The first-order valence-corrected chi connectivity index (χ1v) is 6.85. The number of anilines is 1. The summed E-state index contributed by atoms with van der Waals surface area (Å²) in [5, 5.41) is 2.42. The molecule has 0 aliphatic rings. The fourth-order valence-corrected chi connectivity index (χ4v) is 1.86. The van der Waals surface area contributed by atoms with Gasteiger partial charge in [0.1, 0.15) is 5.82 Å². The third kappa shape index (κ3) is 4.61. The Morgan fingerprint density at radius 1 is 1.17 bits per heavy atom. The van der Waals surface area contributed by atoms with E-state index in [2.05, 4.69) is 15.0 Å². The van der Waals surface area contributed by atoms with Crippen LogP contribution in [0.1, 0.15) is 10.4 Å². The first-order chi connectivity index (χ1) is 10.9. The standard InChI is InChI=1S/C14H8Cl2F2N2O3/c15-7-1-2-12(19-5-7)20-13(21)6-23-14(22)8-3-10(17)11(18)4-9(8)16/h1-5H,6H2,(H,19,20,21). The summed E-state index contributed by atoms with van der Waals surface area (Å²) in [4.78, 5) is 27.2. The average molecular weight is 361 g/mol. The Labute approximate surface area is 139 Å². The number of carbonyl (C=O) groups is 2. The zero-order valence-electron chi connectivity index (χ0n) is 11.3. The molecule has 5 nitrogen and oxygen atoms in total. The van der Waals surface area contributed by atoms with E-state index >= 15 is 0 Å². The number of carbonyl (C=O) groups excluding carboxylic acids is 2. The summed E-state index contributed by atoms with van der Waals surface area (Å²) in [6.07, 6.45) is 1.32. The Morgan fingerprint density at radius 2 is 1.87 bits per heavy atom. The van der Waals surface area contributed by atoms with E-state index in [0.29, 0.717) is 17.2 Å². The van der Waals surface area contributed by atoms with Crippen molar-refractivity contribution in [3.05, 3.63) is 57.7 Å². The summed E-state index contributed by atoms with van der Waals surface area (Å²) < 4.78 is 30.7. The molecule has 0 saturated carbocycles. The zero-order valence-corrected chi connectivity index (χ0v) is 12.8. The smallest absolute Gasteiger partial charge is 0.340 e. The number of amides is 1. The Bertz CT molecular complexity index is 754. The quantitative estimate of drug-likeness (QED) is 0.669. The molecule has 2 aromatic rings. The van der Waals surface area contributed by atoms with Gasteiger partial charge in [-0.2, -0.15) is 0 Å². The van der Waals surface area contributed by atoms with Gasteiger partial charge in [0.25, 0.3) is 5.91 Å². The summed E-state index contributed by atoms with van der Waals surface area (Å²) in [5.74, 6) is -3.98. The van der Waals surface area contributed by atoms with E-state index in [9.17, 15) is 18.4 Å². The Balaban J connectivity index is 1.95. The molecule has 23 heavy (non-hydrogen) atoms.